The molecule has 0 rings (SSSR count). The second-order valence-corrected chi connectivity index (χ2v) is 13.9. The van der Waals surface area contributed by atoms with Gasteiger partial charge >= 0.3 is 0 Å². The van der Waals surface area contributed by atoms with E-state index in [4.69, 9.17) is 0 Å². The maximum absolute atomic E-state index is 13.0. The molecule has 0 atom stereocenters. The van der Waals surface area contributed by atoms with E-state index in [0.717, 1.165) is 37.9 Å². The van der Waals surface area contributed by atoms with E-state index < -0.39 is 0 Å². The Labute approximate surface area is 273 Å². The molecule has 0 radical (unpaired) electrons. The molecule has 256 valence electrons. The van der Waals surface area contributed by atoms with Crippen LogP contribution in [0.25, 0.3) is 0 Å². The molecule has 0 fully saturated rings. The van der Waals surface area contributed by atoms with Gasteiger partial charge < -0.3 is 4.90 Å². The number of amides is 1. The standard InChI is InChI=1S/C41H81NO/c1-5-8-11-13-15-17-19-21-23-25-27-29-31-33-35-37-40(4)42(39-10-7-3)41(43)38-36-34-32-30-28-26-24-22-20-18-16-14-12-9-6-2/h4-39H2,1-3H3. The molecule has 0 heterocycles. The average molecular weight is 604 g/mol. The summed E-state index contributed by atoms with van der Waals surface area (Å²) in [5.41, 5.74) is 1.08. The van der Waals surface area contributed by atoms with Crippen molar-refractivity contribution in [1.82, 2.24) is 4.90 Å². The van der Waals surface area contributed by atoms with Crippen molar-refractivity contribution in [3.63, 3.8) is 0 Å². The highest BCUT2D eigenvalue weighted by atomic mass is 16.2. The Kier molecular flexibility index (Phi) is 35.0. The molecule has 0 saturated heterocycles. The second-order valence-electron chi connectivity index (χ2n) is 13.9. The molecule has 0 bridgehead atoms. The third-order valence-corrected chi connectivity index (χ3v) is 9.48. The third kappa shape index (κ3) is 31.0. The van der Waals surface area contributed by atoms with Gasteiger partial charge in [-0.1, -0.05) is 214 Å². The number of unbranched alkanes of at least 4 members (excludes halogenated alkanes) is 29. The minimum Gasteiger partial charge on any atom is -0.317 e. The average Bonchev–Trinajstić information content (AvgIpc) is 3.01. The highest BCUT2D eigenvalue weighted by Crippen LogP contribution is 2.19. The van der Waals surface area contributed by atoms with E-state index in [1.54, 1.807) is 0 Å². The van der Waals surface area contributed by atoms with Gasteiger partial charge in [0.05, 0.1) is 0 Å². The summed E-state index contributed by atoms with van der Waals surface area (Å²) >= 11 is 0. The van der Waals surface area contributed by atoms with Crippen LogP contribution >= 0.6 is 0 Å². The normalized spacial score (nSPS) is 11.3. The fourth-order valence-electron chi connectivity index (χ4n) is 6.39. The second kappa shape index (κ2) is 35.7. The first-order valence-corrected chi connectivity index (χ1v) is 20.1. The lowest BCUT2D eigenvalue weighted by Gasteiger charge is -2.25. The minimum absolute atomic E-state index is 0.328. The molecule has 2 heteroatoms. The minimum atomic E-state index is 0.328. The van der Waals surface area contributed by atoms with Crippen molar-refractivity contribution < 1.29 is 4.79 Å². The summed E-state index contributed by atoms with van der Waals surface area (Å²) in [6, 6.07) is 0. The van der Waals surface area contributed by atoms with Crippen molar-refractivity contribution in [2.75, 3.05) is 6.54 Å². The predicted molar refractivity (Wildman–Crippen MR) is 195 cm³/mol. The van der Waals surface area contributed by atoms with E-state index >= 15 is 0 Å². The highest BCUT2D eigenvalue weighted by Gasteiger charge is 2.15. The maximum Gasteiger partial charge on any atom is 0.226 e. The van der Waals surface area contributed by atoms with E-state index in [-0.39, 0.29) is 0 Å². The number of hydrogen-bond acceptors (Lipinski definition) is 1. The summed E-state index contributed by atoms with van der Waals surface area (Å²) in [5.74, 6) is 0.328. The van der Waals surface area contributed by atoms with Crippen LogP contribution in [0.4, 0.5) is 0 Å². The zero-order valence-electron chi connectivity index (χ0n) is 30.3. The topological polar surface area (TPSA) is 20.3 Å². The molecule has 0 N–H and O–H groups in total. The molecule has 43 heavy (non-hydrogen) atoms. The van der Waals surface area contributed by atoms with Crippen molar-refractivity contribution in [2.45, 2.75) is 239 Å². The predicted octanol–water partition coefficient (Wildman–Crippen LogP) is 14.7. The van der Waals surface area contributed by atoms with Crippen LogP contribution in [0.2, 0.25) is 0 Å². The number of hydrogen-bond donors (Lipinski definition) is 0. The van der Waals surface area contributed by atoms with Crippen LogP contribution in [0.3, 0.4) is 0 Å². The first-order valence-electron chi connectivity index (χ1n) is 20.1. The number of rotatable bonds is 36. The Bertz CT molecular complexity index is 524. The summed E-state index contributed by atoms with van der Waals surface area (Å²) < 4.78 is 0. The summed E-state index contributed by atoms with van der Waals surface area (Å²) in [6.45, 7) is 12.0. The van der Waals surface area contributed by atoms with Gasteiger partial charge in [0.25, 0.3) is 0 Å². The molecule has 0 aliphatic carbocycles. The fourth-order valence-corrected chi connectivity index (χ4v) is 6.39. The molecule has 0 saturated carbocycles. The molecule has 0 aliphatic rings. The lowest BCUT2D eigenvalue weighted by molar-refractivity contribution is -0.129. The number of carbonyl (C=O) groups is 1. The van der Waals surface area contributed by atoms with Crippen LogP contribution in [-0.4, -0.2) is 17.4 Å². The molecule has 1 amide bonds. The van der Waals surface area contributed by atoms with E-state index in [0.29, 0.717) is 12.3 Å². The van der Waals surface area contributed by atoms with Gasteiger partial charge in [0.2, 0.25) is 5.91 Å². The largest absolute Gasteiger partial charge is 0.317 e. The molecule has 0 unspecified atom stereocenters. The highest BCUT2D eigenvalue weighted by molar-refractivity contribution is 5.77. The lowest BCUT2D eigenvalue weighted by atomic mass is 10.0. The monoisotopic (exact) mass is 604 g/mol. The first kappa shape index (κ1) is 42.2. The number of nitrogens with zero attached hydrogens (tertiary/aromatic N) is 1. The maximum atomic E-state index is 13.0. The SMILES string of the molecule is C=C(CCCCCCCCCCCCCCCCC)N(CCCC)C(=O)CCCCCCCCCCCCCCCCC. The molecule has 2 nitrogen and oxygen atoms in total. The van der Waals surface area contributed by atoms with E-state index in [2.05, 4.69) is 32.3 Å². The Hall–Kier alpha value is -0.790. The van der Waals surface area contributed by atoms with Crippen molar-refractivity contribution in [3.05, 3.63) is 12.3 Å². The van der Waals surface area contributed by atoms with Crippen LogP contribution in [0.1, 0.15) is 239 Å². The van der Waals surface area contributed by atoms with Gasteiger partial charge in [-0.3, -0.25) is 4.79 Å². The lowest BCUT2D eigenvalue weighted by Crippen LogP contribution is -2.30. The van der Waals surface area contributed by atoms with Crippen molar-refractivity contribution in [1.29, 1.82) is 0 Å². The Morgan fingerprint density at radius 3 is 0.930 bits per heavy atom. The van der Waals surface area contributed by atoms with Gasteiger partial charge in [-0.05, 0) is 25.7 Å². The van der Waals surface area contributed by atoms with Gasteiger partial charge in [0.1, 0.15) is 0 Å². The molecule has 0 aromatic rings. The Balaban J connectivity index is 3.73. The van der Waals surface area contributed by atoms with Gasteiger partial charge in [0.15, 0.2) is 0 Å². The van der Waals surface area contributed by atoms with Crippen LogP contribution in [-0.2, 0) is 4.79 Å². The van der Waals surface area contributed by atoms with Gasteiger partial charge in [0, 0.05) is 18.7 Å². The van der Waals surface area contributed by atoms with Gasteiger partial charge in [-0.15, -0.1) is 0 Å². The number of carbonyl (C=O) groups excluding carboxylic acids is 1. The van der Waals surface area contributed by atoms with Gasteiger partial charge in [-0.25, -0.2) is 0 Å². The van der Waals surface area contributed by atoms with Crippen molar-refractivity contribution in [2.24, 2.45) is 0 Å². The van der Waals surface area contributed by atoms with Crippen LogP contribution in [0.15, 0.2) is 12.3 Å². The quantitative estimate of drug-likeness (QED) is 0.0652. The van der Waals surface area contributed by atoms with E-state index in [9.17, 15) is 4.79 Å². The van der Waals surface area contributed by atoms with E-state index in [1.165, 1.54) is 186 Å². The van der Waals surface area contributed by atoms with E-state index in [1.807, 2.05) is 0 Å². The fraction of sp³-hybridized carbons (Fsp3) is 0.927. The molecule has 0 spiro atoms. The van der Waals surface area contributed by atoms with Crippen LogP contribution in [0.5, 0.6) is 0 Å². The van der Waals surface area contributed by atoms with Gasteiger partial charge in [-0.2, -0.15) is 0 Å². The molecule has 0 aromatic carbocycles. The summed E-state index contributed by atoms with van der Waals surface area (Å²) in [4.78, 5) is 15.1. The Morgan fingerprint density at radius 1 is 0.372 bits per heavy atom. The van der Waals surface area contributed by atoms with Crippen molar-refractivity contribution in [3.8, 4) is 0 Å². The molecular formula is C41H81NO. The summed E-state index contributed by atoms with van der Waals surface area (Å²) in [6.07, 6.45) is 45.3. The number of allylic oxidation sites excluding steroid dienone is 1. The van der Waals surface area contributed by atoms with Crippen LogP contribution in [0, 0.1) is 0 Å². The third-order valence-electron chi connectivity index (χ3n) is 9.48. The van der Waals surface area contributed by atoms with Crippen LogP contribution < -0.4 is 0 Å². The zero-order valence-corrected chi connectivity index (χ0v) is 30.3. The smallest absolute Gasteiger partial charge is 0.226 e. The molecular weight excluding hydrogens is 522 g/mol. The molecule has 0 aliphatic heterocycles. The Morgan fingerprint density at radius 2 is 0.628 bits per heavy atom. The summed E-state index contributed by atoms with van der Waals surface area (Å²) in [7, 11) is 0. The van der Waals surface area contributed by atoms with Crippen molar-refractivity contribution >= 4 is 5.91 Å². The molecule has 0 aromatic heterocycles. The first-order chi connectivity index (χ1) is 21.2. The summed E-state index contributed by atoms with van der Waals surface area (Å²) in [5, 5.41) is 0. The zero-order chi connectivity index (χ0) is 31.5.